The molecule has 0 amide bonds. The van der Waals surface area contributed by atoms with Gasteiger partial charge in [-0.25, -0.2) is 0 Å². The minimum atomic E-state index is -1.06. The Hall–Kier alpha value is -1.74. The predicted molar refractivity (Wildman–Crippen MR) is 71.2 cm³/mol. The third kappa shape index (κ3) is 3.14. The third-order valence-corrected chi connectivity index (χ3v) is 3.80. The molecule has 0 aliphatic rings. The summed E-state index contributed by atoms with van der Waals surface area (Å²) in [5, 5.41) is 10.6. The second kappa shape index (κ2) is 5.74. The SMILES string of the molecule is Cc1cccc(C(Sc2ccccc2)C(=O)[O-])c1. The lowest BCUT2D eigenvalue weighted by Crippen LogP contribution is -2.28. The van der Waals surface area contributed by atoms with E-state index in [1.165, 1.54) is 11.8 Å². The van der Waals surface area contributed by atoms with Gasteiger partial charge in [0.25, 0.3) is 0 Å². The number of hydrogen-bond donors (Lipinski definition) is 0. The summed E-state index contributed by atoms with van der Waals surface area (Å²) in [4.78, 5) is 12.2. The van der Waals surface area contributed by atoms with Crippen molar-refractivity contribution in [3.05, 3.63) is 65.7 Å². The number of rotatable bonds is 4. The third-order valence-electron chi connectivity index (χ3n) is 2.56. The van der Waals surface area contributed by atoms with Crippen LogP contribution in [-0.2, 0) is 4.79 Å². The second-order valence-corrected chi connectivity index (χ2v) is 5.22. The molecule has 92 valence electrons. The molecular weight excluding hydrogens is 244 g/mol. The van der Waals surface area contributed by atoms with Crippen LogP contribution in [0.25, 0.3) is 0 Å². The van der Waals surface area contributed by atoms with Crippen LogP contribution in [0, 0.1) is 6.92 Å². The van der Waals surface area contributed by atoms with Gasteiger partial charge >= 0.3 is 0 Å². The number of carbonyl (C=O) groups is 1. The smallest absolute Gasteiger partial charge is 0.0739 e. The molecule has 0 aliphatic heterocycles. The molecule has 2 rings (SSSR count). The van der Waals surface area contributed by atoms with E-state index in [0.717, 1.165) is 16.0 Å². The van der Waals surface area contributed by atoms with Crippen LogP contribution in [0.15, 0.2) is 59.5 Å². The number of thioether (sulfide) groups is 1. The predicted octanol–water partition coefficient (Wildman–Crippen LogP) is 2.58. The number of aliphatic carboxylic acids is 1. The van der Waals surface area contributed by atoms with Gasteiger partial charge in [0.05, 0.1) is 11.2 Å². The Balaban J connectivity index is 2.27. The lowest BCUT2D eigenvalue weighted by atomic mass is 10.1. The molecule has 3 heteroatoms. The molecule has 0 radical (unpaired) electrons. The summed E-state index contributed by atoms with van der Waals surface area (Å²) < 4.78 is 0. The summed E-state index contributed by atoms with van der Waals surface area (Å²) in [7, 11) is 0. The fourth-order valence-electron chi connectivity index (χ4n) is 1.72. The molecule has 18 heavy (non-hydrogen) atoms. The van der Waals surface area contributed by atoms with Crippen LogP contribution in [0.2, 0.25) is 0 Å². The highest BCUT2D eigenvalue weighted by molar-refractivity contribution is 8.00. The molecule has 2 aromatic carbocycles. The minimum Gasteiger partial charge on any atom is -0.549 e. The lowest BCUT2D eigenvalue weighted by molar-refractivity contribution is -0.305. The molecule has 0 bridgehead atoms. The summed E-state index contributed by atoms with van der Waals surface area (Å²) in [5.41, 5.74) is 1.82. The fraction of sp³-hybridized carbons (Fsp3) is 0.133. The Morgan fingerprint density at radius 1 is 1.11 bits per heavy atom. The van der Waals surface area contributed by atoms with Crippen molar-refractivity contribution >= 4 is 17.7 Å². The monoisotopic (exact) mass is 257 g/mol. The first-order valence-electron chi connectivity index (χ1n) is 5.66. The molecule has 0 saturated heterocycles. The Morgan fingerprint density at radius 3 is 2.44 bits per heavy atom. The maximum atomic E-state index is 11.3. The molecule has 2 nitrogen and oxygen atoms in total. The molecule has 0 fully saturated rings. The fourth-order valence-corrected chi connectivity index (χ4v) is 2.69. The van der Waals surface area contributed by atoms with Gasteiger partial charge in [-0.05, 0) is 24.6 Å². The van der Waals surface area contributed by atoms with Crippen LogP contribution >= 0.6 is 11.8 Å². The molecular formula is C15H13O2S-. The molecule has 2 aromatic rings. The average molecular weight is 257 g/mol. The van der Waals surface area contributed by atoms with Crippen molar-refractivity contribution in [3.63, 3.8) is 0 Å². The highest BCUT2D eigenvalue weighted by Crippen LogP contribution is 2.34. The highest BCUT2D eigenvalue weighted by atomic mass is 32.2. The van der Waals surface area contributed by atoms with Crippen LogP contribution < -0.4 is 5.11 Å². The van der Waals surface area contributed by atoms with Gasteiger partial charge in [0.1, 0.15) is 0 Å². The number of hydrogen-bond acceptors (Lipinski definition) is 3. The normalized spacial score (nSPS) is 12.1. The maximum Gasteiger partial charge on any atom is 0.0739 e. The van der Waals surface area contributed by atoms with E-state index in [0.29, 0.717) is 0 Å². The molecule has 0 aromatic heterocycles. The molecule has 1 atom stereocenters. The van der Waals surface area contributed by atoms with E-state index in [2.05, 4.69) is 0 Å². The van der Waals surface area contributed by atoms with Gasteiger partial charge in [-0.3, -0.25) is 0 Å². The van der Waals surface area contributed by atoms with E-state index in [9.17, 15) is 9.90 Å². The van der Waals surface area contributed by atoms with Crippen molar-refractivity contribution in [2.24, 2.45) is 0 Å². The van der Waals surface area contributed by atoms with Crippen LogP contribution in [-0.4, -0.2) is 5.97 Å². The number of carboxylic acid groups (broad SMARTS) is 1. The van der Waals surface area contributed by atoms with Gasteiger partial charge in [-0.15, -0.1) is 11.8 Å². The van der Waals surface area contributed by atoms with E-state index in [4.69, 9.17) is 0 Å². The zero-order chi connectivity index (χ0) is 13.0. The molecule has 1 unspecified atom stereocenters. The Bertz CT molecular complexity index is 537. The van der Waals surface area contributed by atoms with Gasteiger partial charge in [0.15, 0.2) is 0 Å². The van der Waals surface area contributed by atoms with Crippen LogP contribution in [0.1, 0.15) is 16.4 Å². The lowest BCUT2D eigenvalue weighted by Gasteiger charge is -2.18. The van der Waals surface area contributed by atoms with Crippen molar-refractivity contribution in [2.75, 3.05) is 0 Å². The van der Waals surface area contributed by atoms with Crippen LogP contribution in [0.4, 0.5) is 0 Å². The van der Waals surface area contributed by atoms with E-state index < -0.39 is 11.2 Å². The first-order chi connectivity index (χ1) is 8.66. The topological polar surface area (TPSA) is 40.1 Å². The maximum absolute atomic E-state index is 11.3. The first-order valence-corrected chi connectivity index (χ1v) is 6.54. The highest BCUT2D eigenvalue weighted by Gasteiger charge is 2.14. The Labute approximate surface area is 111 Å². The minimum absolute atomic E-state index is 0.674. The van der Waals surface area contributed by atoms with Crippen molar-refractivity contribution in [1.82, 2.24) is 0 Å². The zero-order valence-corrected chi connectivity index (χ0v) is 10.8. The summed E-state index contributed by atoms with van der Waals surface area (Å²) in [5.74, 6) is -1.06. The molecule has 0 heterocycles. The molecule has 0 aliphatic carbocycles. The standard InChI is InChI=1S/C15H14O2S/c1-11-6-5-7-12(10-11)14(15(16)17)18-13-8-3-2-4-9-13/h2-10,14H,1H3,(H,16,17)/p-1. The van der Waals surface area contributed by atoms with E-state index in [-0.39, 0.29) is 0 Å². The molecule has 0 saturated carbocycles. The quantitative estimate of drug-likeness (QED) is 0.790. The van der Waals surface area contributed by atoms with Crippen molar-refractivity contribution in [3.8, 4) is 0 Å². The van der Waals surface area contributed by atoms with E-state index >= 15 is 0 Å². The van der Waals surface area contributed by atoms with Gasteiger partial charge in [-0.1, -0.05) is 48.0 Å². The summed E-state index contributed by atoms with van der Waals surface area (Å²) in [6, 6.07) is 17.0. The van der Waals surface area contributed by atoms with Gasteiger partial charge in [0.2, 0.25) is 0 Å². The Kier molecular flexibility index (Phi) is 4.05. The number of benzene rings is 2. The van der Waals surface area contributed by atoms with Gasteiger partial charge < -0.3 is 9.90 Å². The summed E-state index contributed by atoms with van der Waals surface area (Å²) in [6.45, 7) is 1.95. The second-order valence-electron chi connectivity index (χ2n) is 4.04. The molecule has 0 spiro atoms. The molecule has 0 N–H and O–H groups in total. The van der Waals surface area contributed by atoms with Crippen LogP contribution in [0.3, 0.4) is 0 Å². The average Bonchev–Trinajstić information content (AvgIpc) is 2.37. The van der Waals surface area contributed by atoms with E-state index in [1.54, 1.807) is 0 Å². The summed E-state index contributed by atoms with van der Waals surface area (Å²) in [6.07, 6.45) is 0. The number of carbonyl (C=O) groups excluding carboxylic acids is 1. The van der Waals surface area contributed by atoms with Crippen molar-refractivity contribution in [2.45, 2.75) is 17.1 Å². The van der Waals surface area contributed by atoms with Gasteiger partial charge in [-0.2, -0.15) is 0 Å². The summed E-state index contributed by atoms with van der Waals surface area (Å²) >= 11 is 1.30. The largest absolute Gasteiger partial charge is 0.549 e. The Morgan fingerprint density at radius 2 is 1.83 bits per heavy atom. The first kappa shape index (κ1) is 12.7. The van der Waals surface area contributed by atoms with Crippen LogP contribution in [0.5, 0.6) is 0 Å². The van der Waals surface area contributed by atoms with Crippen molar-refractivity contribution < 1.29 is 9.90 Å². The zero-order valence-electron chi connectivity index (χ0n) is 10.00. The van der Waals surface area contributed by atoms with Gasteiger partial charge in [0, 0.05) is 4.90 Å². The van der Waals surface area contributed by atoms with E-state index in [1.807, 2.05) is 61.5 Å². The number of carboxylic acids is 1. The van der Waals surface area contributed by atoms with Crippen molar-refractivity contribution in [1.29, 1.82) is 0 Å². The number of aryl methyl sites for hydroxylation is 1.